The van der Waals surface area contributed by atoms with Crippen molar-refractivity contribution >= 4 is 17.4 Å². The van der Waals surface area contributed by atoms with E-state index in [1.807, 2.05) is 87.5 Å². The summed E-state index contributed by atoms with van der Waals surface area (Å²) in [5.41, 5.74) is 4.09. The van der Waals surface area contributed by atoms with Crippen LogP contribution in [-0.2, 0) is 16.0 Å². The molecular formula is C31H33NO5. The van der Waals surface area contributed by atoms with E-state index in [4.69, 9.17) is 9.47 Å². The lowest BCUT2D eigenvalue weighted by molar-refractivity contribution is -0.139. The number of benzene rings is 3. The molecule has 1 saturated heterocycles. The zero-order chi connectivity index (χ0) is 26.7. The number of rotatable bonds is 8. The van der Waals surface area contributed by atoms with Crippen LogP contribution in [0.4, 0.5) is 0 Å². The van der Waals surface area contributed by atoms with Gasteiger partial charge in [-0.1, -0.05) is 56.3 Å². The van der Waals surface area contributed by atoms with Gasteiger partial charge in [0, 0.05) is 12.1 Å². The SMILES string of the molecule is COc1ccc(CCN2C(=O)C(=O)/C(=C(/O)c3cc(C(C)C)c(OC)cc3C)C2c2ccccc2)cc1. The van der Waals surface area contributed by atoms with Crippen LogP contribution < -0.4 is 9.47 Å². The maximum absolute atomic E-state index is 13.4. The van der Waals surface area contributed by atoms with Crippen molar-refractivity contribution in [3.05, 3.63) is 100 Å². The highest BCUT2D eigenvalue weighted by Gasteiger charge is 2.46. The van der Waals surface area contributed by atoms with Crippen molar-refractivity contribution in [1.29, 1.82) is 0 Å². The summed E-state index contributed by atoms with van der Waals surface area (Å²) in [6, 6.07) is 20.1. The predicted molar refractivity (Wildman–Crippen MR) is 144 cm³/mol. The Kier molecular flexibility index (Phi) is 7.67. The maximum atomic E-state index is 13.4. The van der Waals surface area contributed by atoms with E-state index in [2.05, 4.69) is 0 Å². The third-order valence-corrected chi connectivity index (χ3v) is 6.91. The molecule has 37 heavy (non-hydrogen) atoms. The third-order valence-electron chi connectivity index (χ3n) is 6.91. The molecule has 6 heteroatoms. The molecular weight excluding hydrogens is 466 g/mol. The van der Waals surface area contributed by atoms with Crippen LogP contribution >= 0.6 is 0 Å². The van der Waals surface area contributed by atoms with E-state index in [0.717, 1.165) is 33.8 Å². The lowest BCUT2D eigenvalue weighted by Gasteiger charge is -2.25. The summed E-state index contributed by atoms with van der Waals surface area (Å²) >= 11 is 0. The third kappa shape index (κ3) is 5.10. The predicted octanol–water partition coefficient (Wildman–Crippen LogP) is 5.80. The lowest BCUT2D eigenvalue weighted by atomic mass is 9.91. The summed E-state index contributed by atoms with van der Waals surface area (Å²) in [5.74, 6) is 0.161. The second kappa shape index (κ2) is 10.9. The Labute approximate surface area is 218 Å². The van der Waals surface area contributed by atoms with Gasteiger partial charge in [-0.05, 0) is 65.8 Å². The molecule has 1 atom stereocenters. The summed E-state index contributed by atoms with van der Waals surface area (Å²) in [4.78, 5) is 28.3. The van der Waals surface area contributed by atoms with Gasteiger partial charge in [0.1, 0.15) is 17.3 Å². The summed E-state index contributed by atoms with van der Waals surface area (Å²) in [7, 11) is 3.23. The monoisotopic (exact) mass is 499 g/mol. The molecule has 0 radical (unpaired) electrons. The average molecular weight is 500 g/mol. The first kappa shape index (κ1) is 26.0. The fourth-order valence-electron chi connectivity index (χ4n) is 4.86. The number of ether oxygens (including phenoxy) is 2. The van der Waals surface area contributed by atoms with E-state index in [1.165, 1.54) is 0 Å². The topological polar surface area (TPSA) is 76.1 Å². The van der Waals surface area contributed by atoms with Crippen molar-refractivity contribution in [2.24, 2.45) is 0 Å². The molecule has 192 valence electrons. The van der Waals surface area contributed by atoms with Crippen LogP contribution in [0.25, 0.3) is 5.76 Å². The molecule has 6 nitrogen and oxygen atoms in total. The van der Waals surface area contributed by atoms with Crippen LogP contribution in [0.5, 0.6) is 11.5 Å². The number of ketones is 1. The summed E-state index contributed by atoms with van der Waals surface area (Å²) in [6.45, 7) is 6.27. The normalized spacial score (nSPS) is 16.9. The van der Waals surface area contributed by atoms with Gasteiger partial charge in [0.25, 0.3) is 11.7 Å². The van der Waals surface area contributed by atoms with Crippen LogP contribution in [0.15, 0.2) is 72.3 Å². The Morgan fingerprint density at radius 3 is 2.24 bits per heavy atom. The van der Waals surface area contributed by atoms with E-state index in [-0.39, 0.29) is 17.3 Å². The number of methoxy groups -OCH3 is 2. The second-order valence-corrected chi connectivity index (χ2v) is 9.57. The zero-order valence-corrected chi connectivity index (χ0v) is 21.9. The Morgan fingerprint density at radius 1 is 0.973 bits per heavy atom. The molecule has 0 saturated carbocycles. The van der Waals surface area contributed by atoms with Gasteiger partial charge in [-0.2, -0.15) is 0 Å². The van der Waals surface area contributed by atoms with Gasteiger partial charge in [-0.3, -0.25) is 9.59 Å². The average Bonchev–Trinajstić information content (AvgIpc) is 3.16. The molecule has 1 unspecified atom stereocenters. The zero-order valence-electron chi connectivity index (χ0n) is 21.9. The standard InChI is InChI=1S/C31H33NO5/c1-19(2)24-18-25(20(3)17-26(24)37-5)29(33)27-28(22-9-7-6-8-10-22)32(31(35)30(27)34)16-15-21-11-13-23(36-4)14-12-21/h6-14,17-19,28,33H,15-16H2,1-5H3/b29-27+. The minimum atomic E-state index is -0.691. The highest BCUT2D eigenvalue weighted by molar-refractivity contribution is 6.46. The van der Waals surface area contributed by atoms with E-state index >= 15 is 0 Å². The number of hydrogen-bond donors (Lipinski definition) is 1. The largest absolute Gasteiger partial charge is 0.507 e. The highest BCUT2D eigenvalue weighted by Crippen LogP contribution is 2.41. The quantitative estimate of drug-likeness (QED) is 0.241. The number of aliphatic hydroxyl groups excluding tert-OH is 1. The number of likely N-dealkylation sites (tertiary alicyclic amines) is 1. The molecule has 1 aliphatic rings. The number of carbonyl (C=O) groups is 2. The summed E-state index contributed by atoms with van der Waals surface area (Å²) < 4.78 is 10.8. The number of amides is 1. The van der Waals surface area contributed by atoms with E-state index in [9.17, 15) is 14.7 Å². The van der Waals surface area contributed by atoms with E-state index < -0.39 is 17.7 Å². The van der Waals surface area contributed by atoms with Crippen LogP contribution in [0, 0.1) is 6.92 Å². The van der Waals surface area contributed by atoms with Crippen molar-refractivity contribution in [3.8, 4) is 11.5 Å². The molecule has 0 spiro atoms. The first-order chi connectivity index (χ1) is 17.8. The highest BCUT2D eigenvalue weighted by atomic mass is 16.5. The van der Waals surface area contributed by atoms with Crippen molar-refractivity contribution in [2.75, 3.05) is 20.8 Å². The van der Waals surface area contributed by atoms with Crippen LogP contribution in [0.1, 0.15) is 53.6 Å². The second-order valence-electron chi connectivity index (χ2n) is 9.57. The molecule has 1 heterocycles. The van der Waals surface area contributed by atoms with Gasteiger partial charge in [-0.25, -0.2) is 0 Å². The van der Waals surface area contributed by atoms with Crippen molar-refractivity contribution in [1.82, 2.24) is 4.90 Å². The van der Waals surface area contributed by atoms with E-state index in [0.29, 0.717) is 18.5 Å². The molecule has 4 rings (SSSR count). The first-order valence-electron chi connectivity index (χ1n) is 12.4. The smallest absolute Gasteiger partial charge is 0.295 e. The molecule has 0 aromatic heterocycles. The summed E-state index contributed by atoms with van der Waals surface area (Å²) in [6.07, 6.45) is 0.555. The van der Waals surface area contributed by atoms with Crippen molar-refractivity contribution < 1.29 is 24.2 Å². The minimum Gasteiger partial charge on any atom is -0.507 e. The van der Waals surface area contributed by atoms with Gasteiger partial charge in [0.2, 0.25) is 0 Å². The molecule has 3 aromatic rings. The Hall–Kier alpha value is -4.06. The van der Waals surface area contributed by atoms with Crippen molar-refractivity contribution in [3.63, 3.8) is 0 Å². The van der Waals surface area contributed by atoms with Gasteiger partial charge in [0.05, 0.1) is 25.8 Å². The van der Waals surface area contributed by atoms with Gasteiger partial charge in [0.15, 0.2) is 0 Å². The summed E-state index contributed by atoms with van der Waals surface area (Å²) in [5, 5.41) is 11.6. The van der Waals surface area contributed by atoms with Crippen LogP contribution in [0.2, 0.25) is 0 Å². The molecule has 1 fully saturated rings. The fraction of sp³-hybridized carbons (Fsp3) is 0.290. The fourth-order valence-corrected chi connectivity index (χ4v) is 4.86. The molecule has 1 aliphatic heterocycles. The lowest BCUT2D eigenvalue weighted by Crippen LogP contribution is -2.31. The number of aliphatic hydroxyl groups is 1. The number of Topliss-reactive ketones (excluding diaryl/α,β-unsaturated/α-hetero) is 1. The minimum absolute atomic E-state index is 0.105. The Bertz CT molecular complexity index is 1330. The van der Waals surface area contributed by atoms with Gasteiger partial charge < -0.3 is 19.5 Å². The number of hydrogen-bond acceptors (Lipinski definition) is 5. The molecule has 0 bridgehead atoms. The van der Waals surface area contributed by atoms with Crippen LogP contribution in [-0.4, -0.2) is 42.5 Å². The molecule has 1 amide bonds. The molecule has 0 aliphatic carbocycles. The van der Waals surface area contributed by atoms with Gasteiger partial charge >= 0.3 is 0 Å². The van der Waals surface area contributed by atoms with Gasteiger partial charge in [-0.15, -0.1) is 0 Å². The Morgan fingerprint density at radius 2 is 1.65 bits per heavy atom. The molecule has 1 N–H and O–H groups in total. The Balaban J connectivity index is 1.80. The van der Waals surface area contributed by atoms with E-state index in [1.54, 1.807) is 19.1 Å². The maximum Gasteiger partial charge on any atom is 0.295 e. The number of carbonyl (C=O) groups excluding carboxylic acids is 2. The first-order valence-corrected chi connectivity index (χ1v) is 12.4. The van der Waals surface area contributed by atoms with Crippen LogP contribution in [0.3, 0.4) is 0 Å². The number of aryl methyl sites for hydroxylation is 1. The van der Waals surface area contributed by atoms with Crippen molar-refractivity contribution in [2.45, 2.75) is 39.2 Å². The number of nitrogens with zero attached hydrogens (tertiary/aromatic N) is 1. The molecule has 3 aromatic carbocycles.